The highest BCUT2D eigenvalue weighted by atomic mass is 35.5. The van der Waals surface area contributed by atoms with E-state index in [1.165, 1.54) is 22.3 Å². The lowest BCUT2D eigenvalue weighted by Gasteiger charge is -2.23. The van der Waals surface area contributed by atoms with Crippen LogP contribution in [-0.2, 0) is 6.42 Å². The van der Waals surface area contributed by atoms with E-state index >= 15 is 0 Å². The second-order valence-electron chi connectivity index (χ2n) is 5.84. The minimum absolute atomic E-state index is 0.813. The molecular weight excluding hydrogens is 304 g/mol. The van der Waals surface area contributed by atoms with Crippen molar-refractivity contribution >= 4 is 23.4 Å². The van der Waals surface area contributed by atoms with Crippen LogP contribution in [0.1, 0.15) is 51.2 Å². The Kier molecular flexibility index (Phi) is 7.07. The van der Waals surface area contributed by atoms with Crippen LogP contribution in [0.3, 0.4) is 0 Å². The van der Waals surface area contributed by atoms with Gasteiger partial charge in [-0.05, 0) is 69.5 Å². The monoisotopic (exact) mass is 330 g/mol. The number of hydrogen-bond acceptors (Lipinski definition) is 2. The van der Waals surface area contributed by atoms with E-state index in [4.69, 9.17) is 11.6 Å². The number of hydrogen-bond donors (Lipinski definition) is 1. The zero-order valence-electron chi connectivity index (χ0n) is 14.5. The normalized spacial score (nSPS) is 16.2. The Hall–Kier alpha value is -1.38. The summed E-state index contributed by atoms with van der Waals surface area (Å²) in [5.74, 6) is 0. The van der Waals surface area contributed by atoms with Gasteiger partial charge < -0.3 is 5.32 Å². The Morgan fingerprint density at radius 3 is 2.61 bits per heavy atom. The number of nitrogens with zero attached hydrogens (tertiary/aromatic N) is 1. The van der Waals surface area contributed by atoms with E-state index in [2.05, 4.69) is 42.4 Å². The molecule has 1 fully saturated rings. The van der Waals surface area contributed by atoms with Crippen LogP contribution >= 0.6 is 11.6 Å². The number of nitrogens with one attached hydrogen (secondary N) is 1. The van der Waals surface area contributed by atoms with Gasteiger partial charge in [0.2, 0.25) is 0 Å². The lowest BCUT2D eigenvalue weighted by atomic mass is 9.88. The van der Waals surface area contributed by atoms with Crippen molar-refractivity contribution in [3.8, 4) is 0 Å². The van der Waals surface area contributed by atoms with Gasteiger partial charge in [0.15, 0.2) is 0 Å². The number of halogens is 1. The molecule has 2 nitrogen and oxygen atoms in total. The van der Waals surface area contributed by atoms with Crippen LogP contribution in [0.15, 0.2) is 40.5 Å². The van der Waals surface area contributed by atoms with Gasteiger partial charge in [-0.25, -0.2) is 0 Å². The molecule has 0 unspecified atom stereocenters. The summed E-state index contributed by atoms with van der Waals surface area (Å²) in [6.07, 6.45) is 8.32. The molecule has 1 aromatic carbocycles. The highest BCUT2D eigenvalue weighted by Gasteiger charge is 2.18. The van der Waals surface area contributed by atoms with Gasteiger partial charge in [-0.2, -0.15) is 0 Å². The molecule has 0 amide bonds. The second kappa shape index (κ2) is 9.05. The van der Waals surface area contributed by atoms with Crippen molar-refractivity contribution in [1.29, 1.82) is 0 Å². The number of benzene rings is 1. The Morgan fingerprint density at radius 1 is 1.26 bits per heavy atom. The van der Waals surface area contributed by atoms with E-state index < -0.39 is 0 Å². The molecule has 2 rings (SSSR count). The first-order valence-corrected chi connectivity index (χ1v) is 8.96. The van der Waals surface area contributed by atoms with Crippen LogP contribution in [0.4, 0.5) is 0 Å². The van der Waals surface area contributed by atoms with E-state index in [0.29, 0.717) is 0 Å². The molecule has 1 saturated heterocycles. The molecule has 1 heterocycles. The maximum Gasteiger partial charge on any atom is 0.0660 e. The third-order valence-corrected chi connectivity index (χ3v) is 4.45. The minimum atomic E-state index is 0.813. The van der Waals surface area contributed by atoms with Crippen LogP contribution in [0.5, 0.6) is 0 Å². The van der Waals surface area contributed by atoms with Crippen molar-refractivity contribution in [3.05, 3.63) is 51.7 Å². The van der Waals surface area contributed by atoms with E-state index in [1.54, 1.807) is 0 Å². The largest absolute Gasteiger partial charge is 0.316 e. The average molecular weight is 331 g/mol. The van der Waals surface area contributed by atoms with Crippen molar-refractivity contribution in [3.63, 3.8) is 0 Å². The first kappa shape index (κ1) is 18.0. The lowest BCUT2D eigenvalue weighted by molar-refractivity contribution is 0.611. The SMILES string of the molecule is CC=N/C(=C\C)C(=C1CCNCC1)c1ccc(Cl)cc1CCC. The highest BCUT2D eigenvalue weighted by molar-refractivity contribution is 6.30. The summed E-state index contributed by atoms with van der Waals surface area (Å²) in [5, 5.41) is 4.26. The van der Waals surface area contributed by atoms with E-state index in [-0.39, 0.29) is 0 Å². The molecule has 1 aliphatic rings. The molecule has 23 heavy (non-hydrogen) atoms. The van der Waals surface area contributed by atoms with Gasteiger partial charge in [0.25, 0.3) is 0 Å². The molecule has 0 saturated carbocycles. The quantitative estimate of drug-likeness (QED) is 0.716. The number of rotatable bonds is 5. The van der Waals surface area contributed by atoms with Crippen LogP contribution < -0.4 is 5.32 Å². The Labute approximate surface area is 145 Å². The molecular formula is C20H27ClN2. The fourth-order valence-electron chi connectivity index (χ4n) is 3.19. The molecule has 0 atom stereocenters. The third-order valence-electron chi connectivity index (χ3n) is 4.21. The molecule has 1 aromatic rings. The first-order valence-electron chi connectivity index (χ1n) is 8.58. The number of allylic oxidation sites excluding steroid dienone is 2. The molecule has 0 spiro atoms. The summed E-state index contributed by atoms with van der Waals surface area (Å²) < 4.78 is 0. The van der Waals surface area contributed by atoms with E-state index in [1.807, 2.05) is 19.2 Å². The topological polar surface area (TPSA) is 24.4 Å². The third kappa shape index (κ3) is 4.55. The van der Waals surface area contributed by atoms with Gasteiger partial charge in [-0.15, -0.1) is 0 Å². The highest BCUT2D eigenvalue weighted by Crippen LogP contribution is 2.35. The maximum atomic E-state index is 6.25. The zero-order valence-corrected chi connectivity index (χ0v) is 15.2. The number of piperidine rings is 1. The zero-order chi connectivity index (χ0) is 16.7. The fourth-order valence-corrected chi connectivity index (χ4v) is 3.39. The first-order chi connectivity index (χ1) is 11.2. The standard InChI is InChI=1S/C20H27ClN2/c1-4-7-16-14-17(21)8-9-18(16)20(19(5-2)23-6-3)15-10-12-22-13-11-15/h5-6,8-9,14,22H,4,7,10-13H2,1-3H3/b19-5-,23-6?. The van der Waals surface area contributed by atoms with Crippen molar-refractivity contribution in [2.45, 2.75) is 46.5 Å². The van der Waals surface area contributed by atoms with Gasteiger partial charge in [0, 0.05) is 16.8 Å². The summed E-state index contributed by atoms with van der Waals surface area (Å²) in [6.45, 7) is 8.34. The molecule has 1 N–H and O–H groups in total. The predicted octanol–water partition coefficient (Wildman–Crippen LogP) is 5.42. The van der Waals surface area contributed by atoms with Crippen LogP contribution in [0.2, 0.25) is 5.02 Å². The van der Waals surface area contributed by atoms with Crippen molar-refractivity contribution in [2.75, 3.05) is 13.1 Å². The van der Waals surface area contributed by atoms with Crippen LogP contribution in [-0.4, -0.2) is 19.3 Å². The van der Waals surface area contributed by atoms with Gasteiger partial charge in [0.05, 0.1) is 5.70 Å². The maximum absolute atomic E-state index is 6.25. The van der Waals surface area contributed by atoms with Crippen molar-refractivity contribution in [2.24, 2.45) is 4.99 Å². The summed E-state index contributed by atoms with van der Waals surface area (Å²) in [5.41, 5.74) is 6.51. The summed E-state index contributed by atoms with van der Waals surface area (Å²) in [7, 11) is 0. The number of aryl methyl sites for hydroxylation is 1. The molecule has 0 radical (unpaired) electrons. The molecule has 0 bridgehead atoms. The fraction of sp³-hybridized carbons (Fsp3) is 0.450. The van der Waals surface area contributed by atoms with Crippen LogP contribution in [0, 0.1) is 0 Å². The molecule has 124 valence electrons. The Balaban J connectivity index is 2.62. The number of aliphatic imine (C=N–C) groups is 1. The lowest BCUT2D eigenvalue weighted by Crippen LogP contribution is -2.24. The summed E-state index contributed by atoms with van der Waals surface area (Å²) in [6, 6.07) is 6.29. The second-order valence-corrected chi connectivity index (χ2v) is 6.28. The van der Waals surface area contributed by atoms with Gasteiger partial charge >= 0.3 is 0 Å². The van der Waals surface area contributed by atoms with E-state index in [9.17, 15) is 0 Å². The van der Waals surface area contributed by atoms with Crippen molar-refractivity contribution in [1.82, 2.24) is 5.32 Å². The van der Waals surface area contributed by atoms with Crippen LogP contribution in [0.25, 0.3) is 5.57 Å². The van der Waals surface area contributed by atoms with Gasteiger partial charge in [-0.3, -0.25) is 4.99 Å². The summed E-state index contributed by atoms with van der Waals surface area (Å²) in [4.78, 5) is 4.64. The van der Waals surface area contributed by atoms with Crippen molar-refractivity contribution < 1.29 is 0 Å². The molecule has 3 heteroatoms. The Bertz CT molecular complexity index is 619. The average Bonchev–Trinajstić information content (AvgIpc) is 2.57. The minimum Gasteiger partial charge on any atom is -0.316 e. The molecule has 0 aromatic heterocycles. The van der Waals surface area contributed by atoms with Gasteiger partial charge in [0.1, 0.15) is 0 Å². The predicted molar refractivity (Wildman–Crippen MR) is 102 cm³/mol. The van der Waals surface area contributed by atoms with E-state index in [0.717, 1.165) is 49.5 Å². The molecule has 1 aliphatic heterocycles. The van der Waals surface area contributed by atoms with Gasteiger partial charge in [-0.1, -0.05) is 42.7 Å². The smallest absolute Gasteiger partial charge is 0.0660 e. The molecule has 0 aliphatic carbocycles. The summed E-state index contributed by atoms with van der Waals surface area (Å²) >= 11 is 6.25. The Morgan fingerprint density at radius 2 is 2.00 bits per heavy atom.